The van der Waals surface area contributed by atoms with Crippen LogP contribution < -0.4 is 5.73 Å². The molecule has 4 heteroatoms. The van der Waals surface area contributed by atoms with Crippen LogP contribution in [0, 0.1) is 17.8 Å². The summed E-state index contributed by atoms with van der Waals surface area (Å²) in [6.45, 7) is 1.52. The van der Waals surface area contributed by atoms with Crippen LogP contribution in [0.2, 0.25) is 0 Å². The zero-order valence-electron chi connectivity index (χ0n) is 11.3. The van der Waals surface area contributed by atoms with Crippen molar-refractivity contribution in [2.75, 3.05) is 20.1 Å². The maximum atomic E-state index is 12.3. The van der Waals surface area contributed by atoms with Crippen LogP contribution in [0.5, 0.6) is 0 Å². The Kier molecular flexibility index (Phi) is 4.62. The molecule has 0 aromatic rings. The Morgan fingerprint density at radius 1 is 1.28 bits per heavy atom. The summed E-state index contributed by atoms with van der Waals surface area (Å²) in [5.41, 5.74) is 5.72. The second-order valence-corrected chi connectivity index (χ2v) is 6.18. The van der Waals surface area contributed by atoms with Crippen molar-refractivity contribution in [2.45, 2.75) is 44.6 Å². The highest BCUT2D eigenvalue weighted by Gasteiger charge is 2.32. The average molecular weight is 254 g/mol. The molecule has 0 radical (unpaired) electrons. The van der Waals surface area contributed by atoms with Gasteiger partial charge in [-0.05, 0) is 50.5 Å². The molecule has 2 saturated carbocycles. The third-order valence-electron chi connectivity index (χ3n) is 4.58. The molecule has 0 aromatic heterocycles. The van der Waals surface area contributed by atoms with Crippen molar-refractivity contribution in [3.8, 4) is 0 Å². The average Bonchev–Trinajstić information content (AvgIpc) is 2.36. The predicted molar refractivity (Wildman–Crippen MR) is 70.9 cm³/mol. The monoisotopic (exact) mass is 254 g/mol. The summed E-state index contributed by atoms with van der Waals surface area (Å²) in [5, 5.41) is 9.27. The predicted octanol–water partition coefficient (Wildman–Crippen LogP) is 0.981. The number of carbonyl (C=O) groups excluding carboxylic acids is 1. The lowest BCUT2D eigenvalue weighted by atomic mass is 9.79. The lowest BCUT2D eigenvalue weighted by Gasteiger charge is -2.36. The maximum absolute atomic E-state index is 12.3. The second kappa shape index (κ2) is 6.02. The van der Waals surface area contributed by atoms with Crippen molar-refractivity contribution < 1.29 is 9.90 Å². The Labute approximate surface area is 110 Å². The number of aliphatic hydroxyl groups excluding tert-OH is 1. The zero-order chi connectivity index (χ0) is 13.1. The van der Waals surface area contributed by atoms with Gasteiger partial charge in [-0.3, -0.25) is 4.79 Å². The zero-order valence-corrected chi connectivity index (χ0v) is 11.3. The van der Waals surface area contributed by atoms with Gasteiger partial charge in [0.25, 0.3) is 0 Å². The fourth-order valence-electron chi connectivity index (χ4n) is 3.37. The Morgan fingerprint density at radius 3 is 2.61 bits per heavy atom. The molecule has 4 nitrogen and oxygen atoms in total. The Bertz CT molecular complexity index is 290. The van der Waals surface area contributed by atoms with Gasteiger partial charge in [-0.25, -0.2) is 0 Å². The molecule has 0 bridgehead atoms. The molecule has 0 heterocycles. The van der Waals surface area contributed by atoms with Crippen LogP contribution in [0.1, 0.15) is 38.5 Å². The third-order valence-corrected chi connectivity index (χ3v) is 4.58. The van der Waals surface area contributed by atoms with Gasteiger partial charge in [-0.15, -0.1) is 0 Å². The molecule has 0 spiro atoms. The van der Waals surface area contributed by atoms with Crippen molar-refractivity contribution in [1.29, 1.82) is 0 Å². The maximum Gasteiger partial charge on any atom is 0.225 e. The summed E-state index contributed by atoms with van der Waals surface area (Å²) < 4.78 is 0. The fourth-order valence-corrected chi connectivity index (χ4v) is 3.37. The van der Waals surface area contributed by atoms with E-state index in [1.165, 1.54) is 6.42 Å². The Balaban J connectivity index is 1.78. The van der Waals surface area contributed by atoms with Gasteiger partial charge in [0, 0.05) is 19.5 Å². The molecule has 1 amide bonds. The summed E-state index contributed by atoms with van der Waals surface area (Å²) in [6.07, 6.45) is 5.88. The standard InChI is InChI=1S/C14H26N2O2/c1-16(9-11-6-13(17)7-11)14(18)12-4-2-3-10(5-12)8-15/h10-13,17H,2-9,15H2,1H3. The van der Waals surface area contributed by atoms with E-state index in [2.05, 4.69) is 0 Å². The number of carbonyl (C=O) groups is 1. The van der Waals surface area contributed by atoms with Crippen molar-refractivity contribution in [2.24, 2.45) is 23.5 Å². The largest absolute Gasteiger partial charge is 0.393 e. The van der Waals surface area contributed by atoms with Crippen LogP contribution in [0.4, 0.5) is 0 Å². The molecule has 2 fully saturated rings. The van der Waals surface area contributed by atoms with E-state index in [0.29, 0.717) is 18.4 Å². The summed E-state index contributed by atoms with van der Waals surface area (Å²) in [7, 11) is 1.90. The van der Waals surface area contributed by atoms with Crippen molar-refractivity contribution in [3.05, 3.63) is 0 Å². The van der Waals surface area contributed by atoms with E-state index in [1.807, 2.05) is 11.9 Å². The van der Waals surface area contributed by atoms with Gasteiger partial charge in [-0.1, -0.05) is 6.42 Å². The molecule has 3 N–H and O–H groups in total. The highest BCUT2D eigenvalue weighted by molar-refractivity contribution is 5.78. The highest BCUT2D eigenvalue weighted by Crippen LogP contribution is 2.31. The van der Waals surface area contributed by atoms with Crippen LogP contribution in [0.25, 0.3) is 0 Å². The smallest absolute Gasteiger partial charge is 0.225 e. The lowest BCUT2D eigenvalue weighted by Crippen LogP contribution is -2.42. The minimum Gasteiger partial charge on any atom is -0.393 e. The third kappa shape index (κ3) is 3.23. The molecule has 0 aliphatic heterocycles. The van der Waals surface area contributed by atoms with E-state index in [4.69, 9.17) is 5.73 Å². The van der Waals surface area contributed by atoms with Crippen LogP contribution >= 0.6 is 0 Å². The van der Waals surface area contributed by atoms with E-state index in [-0.39, 0.29) is 17.9 Å². The van der Waals surface area contributed by atoms with Crippen LogP contribution in [-0.4, -0.2) is 42.2 Å². The van der Waals surface area contributed by atoms with Gasteiger partial charge in [-0.2, -0.15) is 0 Å². The number of rotatable bonds is 4. The first-order chi connectivity index (χ1) is 8.60. The molecule has 18 heavy (non-hydrogen) atoms. The molecule has 2 unspecified atom stereocenters. The number of hydrogen-bond donors (Lipinski definition) is 2. The molecular formula is C14H26N2O2. The summed E-state index contributed by atoms with van der Waals surface area (Å²) in [6, 6.07) is 0. The van der Waals surface area contributed by atoms with Crippen LogP contribution in [-0.2, 0) is 4.79 Å². The molecule has 0 aromatic carbocycles. The van der Waals surface area contributed by atoms with Gasteiger partial charge >= 0.3 is 0 Å². The number of nitrogens with zero attached hydrogens (tertiary/aromatic N) is 1. The highest BCUT2D eigenvalue weighted by atomic mass is 16.3. The number of nitrogens with two attached hydrogens (primary N) is 1. The fraction of sp³-hybridized carbons (Fsp3) is 0.929. The minimum absolute atomic E-state index is 0.130. The van der Waals surface area contributed by atoms with Gasteiger partial charge in [0.1, 0.15) is 0 Å². The number of hydrogen-bond acceptors (Lipinski definition) is 3. The van der Waals surface area contributed by atoms with E-state index >= 15 is 0 Å². The van der Waals surface area contributed by atoms with E-state index < -0.39 is 0 Å². The summed E-state index contributed by atoms with van der Waals surface area (Å²) in [5.74, 6) is 1.51. The molecule has 2 aliphatic rings. The lowest BCUT2D eigenvalue weighted by molar-refractivity contribution is -0.137. The van der Waals surface area contributed by atoms with Gasteiger partial charge in [0.05, 0.1) is 6.10 Å². The van der Waals surface area contributed by atoms with Gasteiger partial charge in [0.2, 0.25) is 5.91 Å². The number of amides is 1. The molecule has 2 aliphatic carbocycles. The van der Waals surface area contributed by atoms with E-state index in [9.17, 15) is 9.90 Å². The molecular weight excluding hydrogens is 228 g/mol. The quantitative estimate of drug-likeness (QED) is 0.786. The normalized spacial score (nSPS) is 35.9. The second-order valence-electron chi connectivity index (χ2n) is 6.18. The minimum atomic E-state index is -0.130. The first kappa shape index (κ1) is 13.8. The summed E-state index contributed by atoms with van der Waals surface area (Å²) in [4.78, 5) is 14.2. The first-order valence-electron chi connectivity index (χ1n) is 7.23. The van der Waals surface area contributed by atoms with Crippen molar-refractivity contribution >= 4 is 5.91 Å². The van der Waals surface area contributed by atoms with Crippen LogP contribution in [0.15, 0.2) is 0 Å². The van der Waals surface area contributed by atoms with Crippen LogP contribution in [0.3, 0.4) is 0 Å². The van der Waals surface area contributed by atoms with E-state index in [1.54, 1.807) is 0 Å². The molecule has 2 atom stereocenters. The SMILES string of the molecule is CN(CC1CC(O)C1)C(=O)C1CCCC(CN)C1. The van der Waals surface area contributed by atoms with Gasteiger partial charge in [0.15, 0.2) is 0 Å². The number of aliphatic hydroxyl groups is 1. The topological polar surface area (TPSA) is 66.6 Å². The van der Waals surface area contributed by atoms with Crippen molar-refractivity contribution in [3.63, 3.8) is 0 Å². The Morgan fingerprint density at radius 2 is 2.00 bits per heavy atom. The Hall–Kier alpha value is -0.610. The first-order valence-corrected chi connectivity index (χ1v) is 7.23. The molecule has 104 valence electrons. The van der Waals surface area contributed by atoms with Crippen molar-refractivity contribution in [1.82, 2.24) is 4.90 Å². The van der Waals surface area contributed by atoms with Gasteiger partial charge < -0.3 is 15.7 Å². The molecule has 2 rings (SSSR count). The summed E-state index contributed by atoms with van der Waals surface area (Å²) >= 11 is 0. The van der Waals surface area contributed by atoms with E-state index in [0.717, 1.165) is 38.6 Å². The molecule has 0 saturated heterocycles.